The first-order valence-corrected chi connectivity index (χ1v) is 7.86. The number of nitrogens with one attached hydrogen (secondary N) is 2. The van der Waals surface area contributed by atoms with Crippen LogP contribution in [0.4, 0.5) is 10.5 Å². The van der Waals surface area contributed by atoms with Gasteiger partial charge in [-0.05, 0) is 23.3 Å². The van der Waals surface area contributed by atoms with Crippen molar-refractivity contribution in [2.24, 2.45) is 5.41 Å². The van der Waals surface area contributed by atoms with E-state index < -0.39 is 0 Å². The van der Waals surface area contributed by atoms with E-state index >= 15 is 0 Å². The third-order valence-electron chi connectivity index (χ3n) is 4.20. The van der Waals surface area contributed by atoms with Gasteiger partial charge in [-0.25, -0.2) is 4.79 Å². The maximum absolute atomic E-state index is 11.5. The zero-order valence-corrected chi connectivity index (χ0v) is 14.7. The highest BCUT2D eigenvalue weighted by Crippen LogP contribution is 2.36. The Balaban J connectivity index is 0.00000208. The van der Waals surface area contributed by atoms with Gasteiger partial charge < -0.3 is 15.4 Å². The van der Waals surface area contributed by atoms with E-state index in [0.717, 1.165) is 17.8 Å². The number of hydrogen-bond donors (Lipinski definition) is 2. The highest BCUT2D eigenvalue weighted by atomic mass is 35.5. The Morgan fingerprint density at radius 2 is 1.79 bits per heavy atom. The zero-order chi connectivity index (χ0) is 16.3. The molecule has 24 heavy (non-hydrogen) atoms. The number of halogens is 1. The minimum Gasteiger partial charge on any atom is -0.449 e. The molecule has 1 heterocycles. The predicted molar refractivity (Wildman–Crippen MR) is 98.5 cm³/mol. The number of ether oxygens (including phenoxy) is 1. The number of hydrogen-bond acceptors (Lipinski definition) is 3. The minimum atomic E-state index is -0.347. The average Bonchev–Trinajstić information content (AvgIpc) is 2.57. The summed E-state index contributed by atoms with van der Waals surface area (Å²) in [6.07, 6.45) is -0.347. The summed E-state index contributed by atoms with van der Waals surface area (Å²) >= 11 is 0. The van der Waals surface area contributed by atoms with Gasteiger partial charge in [0, 0.05) is 17.6 Å². The van der Waals surface area contributed by atoms with Crippen LogP contribution in [0.5, 0.6) is 0 Å². The number of benzene rings is 2. The standard InChI is InChI=1S/C19H22N2O2.ClH/c1-19(2)13-23-18(22)21-17(19)15-8-10-16(11-9-15)20-12-14-6-4-3-5-7-14;/h3-11,17,20H,12-13H2,1-2H3,(H,21,22);1H/t17-;/m0./s1. The molecule has 2 aromatic rings. The van der Waals surface area contributed by atoms with Gasteiger partial charge in [-0.2, -0.15) is 0 Å². The van der Waals surface area contributed by atoms with Gasteiger partial charge in [-0.1, -0.05) is 56.3 Å². The number of alkyl carbamates (subject to hydrolysis) is 1. The first-order chi connectivity index (χ1) is 11.0. The molecule has 1 aliphatic heterocycles. The summed E-state index contributed by atoms with van der Waals surface area (Å²) < 4.78 is 5.09. The van der Waals surface area contributed by atoms with Crippen molar-refractivity contribution >= 4 is 24.2 Å². The van der Waals surface area contributed by atoms with Crippen LogP contribution in [0, 0.1) is 5.41 Å². The van der Waals surface area contributed by atoms with E-state index in [2.05, 4.69) is 60.9 Å². The van der Waals surface area contributed by atoms with Gasteiger partial charge in [-0.15, -0.1) is 12.4 Å². The van der Waals surface area contributed by atoms with Gasteiger partial charge in [-0.3, -0.25) is 0 Å². The molecule has 0 bridgehead atoms. The van der Waals surface area contributed by atoms with Crippen molar-refractivity contribution < 1.29 is 9.53 Å². The van der Waals surface area contributed by atoms with Crippen molar-refractivity contribution in [3.05, 3.63) is 65.7 Å². The maximum Gasteiger partial charge on any atom is 0.407 e. The Hall–Kier alpha value is -2.20. The van der Waals surface area contributed by atoms with Crippen LogP contribution in [-0.4, -0.2) is 12.7 Å². The molecule has 0 radical (unpaired) electrons. The van der Waals surface area contributed by atoms with Gasteiger partial charge in [0.2, 0.25) is 0 Å². The summed E-state index contributed by atoms with van der Waals surface area (Å²) in [5.74, 6) is 0. The van der Waals surface area contributed by atoms with Crippen molar-refractivity contribution in [3.63, 3.8) is 0 Å². The topological polar surface area (TPSA) is 50.4 Å². The van der Waals surface area contributed by atoms with Crippen LogP contribution in [0.2, 0.25) is 0 Å². The number of rotatable bonds is 4. The van der Waals surface area contributed by atoms with E-state index in [1.165, 1.54) is 5.56 Å². The van der Waals surface area contributed by atoms with E-state index in [9.17, 15) is 4.79 Å². The third kappa shape index (κ3) is 4.20. The van der Waals surface area contributed by atoms with Crippen molar-refractivity contribution in [1.29, 1.82) is 0 Å². The lowest BCUT2D eigenvalue weighted by Crippen LogP contribution is -2.46. The van der Waals surface area contributed by atoms with Crippen LogP contribution in [0.1, 0.15) is 31.0 Å². The van der Waals surface area contributed by atoms with Crippen LogP contribution in [-0.2, 0) is 11.3 Å². The van der Waals surface area contributed by atoms with Gasteiger partial charge >= 0.3 is 6.09 Å². The lowest BCUT2D eigenvalue weighted by atomic mass is 9.80. The van der Waals surface area contributed by atoms with Crippen LogP contribution >= 0.6 is 12.4 Å². The highest BCUT2D eigenvalue weighted by Gasteiger charge is 2.37. The molecule has 0 saturated carbocycles. The van der Waals surface area contributed by atoms with Crippen LogP contribution in [0.3, 0.4) is 0 Å². The van der Waals surface area contributed by atoms with E-state index in [0.29, 0.717) is 6.61 Å². The molecule has 1 aliphatic rings. The van der Waals surface area contributed by atoms with Crippen molar-refractivity contribution in [1.82, 2.24) is 5.32 Å². The molecule has 3 rings (SSSR count). The molecule has 5 heteroatoms. The largest absolute Gasteiger partial charge is 0.449 e. The van der Waals surface area contributed by atoms with Crippen molar-refractivity contribution in [2.45, 2.75) is 26.4 Å². The lowest BCUT2D eigenvalue weighted by molar-refractivity contribution is 0.0387. The van der Waals surface area contributed by atoms with E-state index in [-0.39, 0.29) is 30.0 Å². The Morgan fingerprint density at radius 1 is 1.12 bits per heavy atom. The molecular formula is C19H23ClN2O2. The molecule has 1 saturated heterocycles. The van der Waals surface area contributed by atoms with Crippen LogP contribution < -0.4 is 10.6 Å². The minimum absolute atomic E-state index is 0. The summed E-state index contributed by atoms with van der Waals surface area (Å²) in [6, 6.07) is 18.5. The second-order valence-corrected chi connectivity index (χ2v) is 6.60. The van der Waals surface area contributed by atoms with E-state index in [4.69, 9.17) is 4.74 Å². The predicted octanol–water partition coefficient (Wildman–Crippen LogP) is 4.53. The average molecular weight is 347 g/mol. The fourth-order valence-electron chi connectivity index (χ4n) is 2.82. The summed E-state index contributed by atoms with van der Waals surface area (Å²) in [6.45, 7) is 5.41. The van der Waals surface area contributed by atoms with Gasteiger partial charge in [0.05, 0.1) is 6.04 Å². The molecule has 2 N–H and O–H groups in total. The Kier molecular flexibility index (Phi) is 5.73. The molecule has 128 valence electrons. The molecule has 0 aliphatic carbocycles. The Bertz CT molecular complexity index is 672. The quantitative estimate of drug-likeness (QED) is 0.855. The fraction of sp³-hybridized carbons (Fsp3) is 0.316. The van der Waals surface area contributed by atoms with Crippen molar-refractivity contribution in [2.75, 3.05) is 11.9 Å². The molecule has 1 amide bonds. The van der Waals surface area contributed by atoms with Crippen LogP contribution in [0.25, 0.3) is 0 Å². The van der Waals surface area contributed by atoms with Crippen LogP contribution in [0.15, 0.2) is 54.6 Å². The number of amides is 1. The molecule has 1 atom stereocenters. The molecule has 0 aromatic heterocycles. The second-order valence-electron chi connectivity index (χ2n) is 6.60. The normalized spacial score (nSPS) is 18.8. The van der Waals surface area contributed by atoms with Gasteiger partial charge in [0.15, 0.2) is 0 Å². The molecule has 1 fully saturated rings. The number of cyclic esters (lactones) is 1. The maximum atomic E-state index is 11.5. The first-order valence-electron chi connectivity index (χ1n) is 7.86. The molecule has 0 spiro atoms. The summed E-state index contributed by atoms with van der Waals surface area (Å²) in [5, 5.41) is 6.33. The molecule has 2 aromatic carbocycles. The number of carbonyl (C=O) groups excluding carboxylic acids is 1. The number of anilines is 1. The highest BCUT2D eigenvalue weighted by molar-refractivity contribution is 5.85. The summed E-state index contributed by atoms with van der Waals surface area (Å²) in [4.78, 5) is 11.5. The van der Waals surface area contributed by atoms with E-state index in [1.807, 2.05) is 18.2 Å². The first kappa shape index (κ1) is 18.1. The second kappa shape index (κ2) is 7.58. The lowest BCUT2D eigenvalue weighted by Gasteiger charge is -2.38. The monoisotopic (exact) mass is 346 g/mol. The molecular weight excluding hydrogens is 324 g/mol. The van der Waals surface area contributed by atoms with Crippen molar-refractivity contribution in [3.8, 4) is 0 Å². The van der Waals surface area contributed by atoms with Gasteiger partial charge in [0.1, 0.15) is 6.61 Å². The molecule has 0 unspecified atom stereocenters. The molecule has 4 nitrogen and oxygen atoms in total. The van der Waals surface area contributed by atoms with E-state index in [1.54, 1.807) is 0 Å². The summed E-state index contributed by atoms with van der Waals surface area (Å²) in [7, 11) is 0. The Labute approximate surface area is 149 Å². The van der Waals surface area contributed by atoms with Gasteiger partial charge in [0.25, 0.3) is 0 Å². The zero-order valence-electron chi connectivity index (χ0n) is 13.9. The fourth-order valence-corrected chi connectivity index (χ4v) is 2.82. The smallest absolute Gasteiger partial charge is 0.407 e. The number of carbonyl (C=O) groups is 1. The Morgan fingerprint density at radius 3 is 2.46 bits per heavy atom. The SMILES string of the molecule is CC1(C)COC(=O)N[C@H]1c1ccc(NCc2ccccc2)cc1.Cl. The summed E-state index contributed by atoms with van der Waals surface area (Å²) in [5.41, 5.74) is 3.27. The third-order valence-corrected chi connectivity index (χ3v) is 4.20.